The van der Waals surface area contributed by atoms with Crippen molar-refractivity contribution in [2.75, 3.05) is 7.11 Å². The van der Waals surface area contributed by atoms with Crippen molar-refractivity contribution in [1.82, 2.24) is 0 Å². The molecule has 0 unspecified atom stereocenters. The number of ether oxygens (including phenoxy) is 2. The highest BCUT2D eigenvalue weighted by Gasteiger charge is 2.10. The van der Waals surface area contributed by atoms with E-state index in [9.17, 15) is 0 Å². The zero-order chi connectivity index (χ0) is 14.7. The van der Waals surface area contributed by atoms with Gasteiger partial charge in [0.1, 0.15) is 17.2 Å². The largest absolute Gasteiger partial charge is 0.496 e. The lowest BCUT2D eigenvalue weighted by Crippen LogP contribution is -1.97. The fourth-order valence-corrected chi connectivity index (χ4v) is 2.70. The molecule has 20 heavy (non-hydrogen) atoms. The van der Waals surface area contributed by atoms with Crippen LogP contribution in [0.15, 0.2) is 39.3 Å². The second kappa shape index (κ2) is 6.61. The van der Waals surface area contributed by atoms with E-state index in [1.807, 2.05) is 37.3 Å². The van der Waals surface area contributed by atoms with E-state index in [1.54, 1.807) is 7.11 Å². The van der Waals surface area contributed by atoms with Gasteiger partial charge in [-0.15, -0.1) is 0 Å². The molecule has 0 heterocycles. The first-order valence-corrected chi connectivity index (χ1v) is 7.64. The highest BCUT2D eigenvalue weighted by Crippen LogP contribution is 2.38. The number of rotatable bonds is 4. The minimum Gasteiger partial charge on any atom is -0.496 e. The van der Waals surface area contributed by atoms with Gasteiger partial charge in [0.2, 0.25) is 0 Å². The van der Waals surface area contributed by atoms with Gasteiger partial charge in [0.25, 0.3) is 0 Å². The number of hydrogen-bond acceptors (Lipinski definition) is 3. The summed E-state index contributed by atoms with van der Waals surface area (Å²) in [5, 5.41) is 0. The predicted octanol–water partition coefficient (Wildman–Crippen LogP) is 4.78. The molecular formula is C15H15Br2NO2. The van der Waals surface area contributed by atoms with Gasteiger partial charge in [0.15, 0.2) is 0 Å². The van der Waals surface area contributed by atoms with Crippen LogP contribution in [0, 0.1) is 6.92 Å². The van der Waals surface area contributed by atoms with Gasteiger partial charge in [-0.25, -0.2) is 0 Å². The summed E-state index contributed by atoms with van der Waals surface area (Å²) in [6, 6.07) is 9.67. The summed E-state index contributed by atoms with van der Waals surface area (Å²) in [5.74, 6) is 2.28. The Kier molecular flexibility index (Phi) is 5.07. The molecule has 0 fully saturated rings. The molecule has 5 heteroatoms. The van der Waals surface area contributed by atoms with Crippen molar-refractivity contribution in [3.8, 4) is 17.2 Å². The van der Waals surface area contributed by atoms with Crippen LogP contribution in [0.4, 0.5) is 0 Å². The van der Waals surface area contributed by atoms with Gasteiger partial charge in [-0.05, 0) is 68.1 Å². The number of nitrogens with two attached hydrogens (primary N) is 1. The van der Waals surface area contributed by atoms with E-state index >= 15 is 0 Å². The average Bonchev–Trinajstić information content (AvgIpc) is 2.44. The van der Waals surface area contributed by atoms with E-state index < -0.39 is 0 Å². The van der Waals surface area contributed by atoms with Gasteiger partial charge in [0.05, 0.1) is 16.1 Å². The summed E-state index contributed by atoms with van der Waals surface area (Å²) in [5.41, 5.74) is 7.76. The van der Waals surface area contributed by atoms with Crippen molar-refractivity contribution in [3.63, 3.8) is 0 Å². The van der Waals surface area contributed by atoms with Crippen LogP contribution in [0.1, 0.15) is 11.1 Å². The number of benzene rings is 2. The lowest BCUT2D eigenvalue weighted by atomic mass is 10.1. The first-order chi connectivity index (χ1) is 9.55. The molecule has 0 spiro atoms. The molecule has 0 aliphatic carbocycles. The predicted molar refractivity (Wildman–Crippen MR) is 87.5 cm³/mol. The fourth-order valence-electron chi connectivity index (χ4n) is 1.82. The molecule has 2 N–H and O–H groups in total. The van der Waals surface area contributed by atoms with Crippen molar-refractivity contribution >= 4 is 31.9 Å². The van der Waals surface area contributed by atoms with E-state index in [1.165, 1.54) is 0 Å². The maximum absolute atomic E-state index is 5.95. The van der Waals surface area contributed by atoms with Crippen LogP contribution in [0.25, 0.3) is 0 Å². The van der Waals surface area contributed by atoms with E-state index in [0.29, 0.717) is 6.54 Å². The van der Waals surface area contributed by atoms with Crippen molar-refractivity contribution in [2.24, 2.45) is 5.73 Å². The van der Waals surface area contributed by atoms with Crippen LogP contribution < -0.4 is 15.2 Å². The van der Waals surface area contributed by atoms with E-state index in [4.69, 9.17) is 15.2 Å². The minimum absolute atomic E-state index is 0.527. The molecule has 0 radical (unpaired) electrons. The van der Waals surface area contributed by atoms with Gasteiger partial charge in [-0.2, -0.15) is 0 Å². The van der Waals surface area contributed by atoms with E-state index in [0.717, 1.165) is 37.3 Å². The summed E-state index contributed by atoms with van der Waals surface area (Å²) < 4.78 is 12.9. The molecule has 0 amide bonds. The molecule has 2 aromatic rings. The molecule has 0 bridgehead atoms. The Hall–Kier alpha value is -1.04. The van der Waals surface area contributed by atoms with Crippen molar-refractivity contribution in [1.29, 1.82) is 0 Å². The standard InChI is InChI=1S/C15H15Br2NO2/c1-9-5-10(8-18)3-4-13(9)20-15-7-11(16)14(19-2)6-12(15)17/h3-7H,8,18H2,1-2H3. The Labute approximate surface area is 135 Å². The normalized spacial score (nSPS) is 10.4. The Morgan fingerprint density at radius 2 is 1.65 bits per heavy atom. The monoisotopic (exact) mass is 399 g/mol. The SMILES string of the molecule is COc1cc(Br)c(Oc2ccc(CN)cc2C)cc1Br. The third-order valence-electron chi connectivity index (χ3n) is 2.90. The van der Waals surface area contributed by atoms with Crippen LogP contribution in [0.3, 0.4) is 0 Å². The molecule has 2 rings (SSSR count). The maximum Gasteiger partial charge on any atom is 0.143 e. The second-order valence-electron chi connectivity index (χ2n) is 4.32. The summed E-state index contributed by atoms with van der Waals surface area (Å²) >= 11 is 6.94. The van der Waals surface area contributed by atoms with Gasteiger partial charge in [0, 0.05) is 6.54 Å². The Morgan fingerprint density at radius 3 is 2.25 bits per heavy atom. The minimum atomic E-state index is 0.527. The highest BCUT2D eigenvalue weighted by molar-refractivity contribution is 9.11. The first kappa shape index (κ1) is 15.4. The topological polar surface area (TPSA) is 44.5 Å². The van der Waals surface area contributed by atoms with Crippen molar-refractivity contribution < 1.29 is 9.47 Å². The zero-order valence-corrected chi connectivity index (χ0v) is 14.4. The van der Waals surface area contributed by atoms with Gasteiger partial charge >= 0.3 is 0 Å². The lowest BCUT2D eigenvalue weighted by Gasteiger charge is -2.13. The van der Waals surface area contributed by atoms with Crippen LogP contribution in [0.2, 0.25) is 0 Å². The number of halogens is 2. The third kappa shape index (κ3) is 3.34. The quantitative estimate of drug-likeness (QED) is 0.803. The maximum atomic E-state index is 5.95. The highest BCUT2D eigenvalue weighted by atomic mass is 79.9. The van der Waals surface area contributed by atoms with Crippen molar-refractivity contribution in [2.45, 2.75) is 13.5 Å². The molecule has 3 nitrogen and oxygen atoms in total. The Balaban J connectivity index is 2.32. The molecule has 0 saturated carbocycles. The van der Waals surface area contributed by atoms with Crippen LogP contribution in [-0.4, -0.2) is 7.11 Å². The molecule has 0 aliphatic rings. The average molecular weight is 401 g/mol. The first-order valence-electron chi connectivity index (χ1n) is 6.05. The summed E-state index contributed by atoms with van der Waals surface area (Å²) in [4.78, 5) is 0. The van der Waals surface area contributed by atoms with Gasteiger partial charge in [-0.1, -0.05) is 12.1 Å². The molecule has 106 valence electrons. The zero-order valence-electron chi connectivity index (χ0n) is 11.2. The molecule has 2 aromatic carbocycles. The van der Waals surface area contributed by atoms with Crippen LogP contribution in [0.5, 0.6) is 17.2 Å². The number of aryl methyl sites for hydroxylation is 1. The number of hydrogen-bond donors (Lipinski definition) is 1. The van der Waals surface area contributed by atoms with E-state index in [2.05, 4.69) is 31.9 Å². The fraction of sp³-hybridized carbons (Fsp3) is 0.200. The molecular weight excluding hydrogens is 386 g/mol. The Bertz CT molecular complexity index is 630. The van der Waals surface area contributed by atoms with Crippen LogP contribution in [-0.2, 0) is 6.54 Å². The van der Waals surface area contributed by atoms with E-state index in [-0.39, 0.29) is 0 Å². The number of methoxy groups -OCH3 is 1. The molecule has 0 aliphatic heterocycles. The molecule has 0 saturated heterocycles. The Morgan fingerprint density at radius 1 is 1.00 bits per heavy atom. The summed E-state index contributed by atoms with van der Waals surface area (Å²) in [6.07, 6.45) is 0. The van der Waals surface area contributed by atoms with Crippen molar-refractivity contribution in [3.05, 3.63) is 50.4 Å². The van der Waals surface area contributed by atoms with Gasteiger partial charge in [-0.3, -0.25) is 0 Å². The third-order valence-corrected chi connectivity index (χ3v) is 4.14. The molecule has 0 atom stereocenters. The van der Waals surface area contributed by atoms with Gasteiger partial charge < -0.3 is 15.2 Å². The summed E-state index contributed by atoms with van der Waals surface area (Å²) in [7, 11) is 1.63. The molecule has 0 aromatic heterocycles. The lowest BCUT2D eigenvalue weighted by molar-refractivity contribution is 0.409. The smallest absolute Gasteiger partial charge is 0.143 e. The second-order valence-corrected chi connectivity index (χ2v) is 6.03. The summed E-state index contributed by atoms with van der Waals surface area (Å²) in [6.45, 7) is 2.53. The van der Waals surface area contributed by atoms with Crippen LogP contribution >= 0.6 is 31.9 Å².